The van der Waals surface area contributed by atoms with E-state index in [1.807, 2.05) is 0 Å². The fraction of sp³-hybridized carbons (Fsp3) is 0.824. The number of hydrogen-bond donors (Lipinski definition) is 1. The van der Waals surface area contributed by atoms with Crippen LogP contribution in [0.1, 0.15) is 72.0 Å². The summed E-state index contributed by atoms with van der Waals surface area (Å²) in [6.07, 6.45) is 6.56. The highest BCUT2D eigenvalue weighted by Gasteiger charge is 2.31. The van der Waals surface area contributed by atoms with Crippen molar-refractivity contribution >= 4 is 0 Å². The summed E-state index contributed by atoms with van der Waals surface area (Å²) in [4.78, 5) is 2.49. The van der Waals surface area contributed by atoms with E-state index >= 15 is 0 Å². The summed E-state index contributed by atoms with van der Waals surface area (Å²) in [6, 6.07) is 2.68. The molecule has 0 bridgehead atoms. The number of hydrogen-bond acceptors (Lipinski definition) is 3. The third-order valence-electron chi connectivity index (χ3n) is 5.08. The Hall–Kier alpha value is -0.870. The number of nitrogens with zero attached hydrogens (tertiary/aromatic N) is 3. The van der Waals surface area contributed by atoms with E-state index in [1.165, 1.54) is 0 Å². The zero-order valence-electron chi connectivity index (χ0n) is 14.6. The van der Waals surface area contributed by atoms with Gasteiger partial charge in [0, 0.05) is 24.8 Å². The monoisotopic (exact) mass is 294 g/mol. The van der Waals surface area contributed by atoms with Crippen molar-refractivity contribution < 1.29 is 0 Å². The first-order valence-corrected chi connectivity index (χ1v) is 8.59. The second-order valence-electron chi connectivity index (χ2n) is 5.91. The zero-order chi connectivity index (χ0) is 15.9. The molecule has 1 rings (SSSR count). The third kappa shape index (κ3) is 4.07. The van der Waals surface area contributed by atoms with Crippen molar-refractivity contribution in [1.82, 2.24) is 14.7 Å². The molecule has 0 amide bonds. The number of nitrogens with two attached hydrogens (primary N) is 1. The van der Waals surface area contributed by atoms with Gasteiger partial charge in [-0.1, -0.05) is 34.6 Å². The summed E-state index contributed by atoms with van der Waals surface area (Å²) in [5, 5.41) is 4.79. The summed E-state index contributed by atoms with van der Waals surface area (Å²) >= 11 is 0. The molecule has 1 aromatic rings. The SMILES string of the molecule is CCC(CC)n1ccc(CN(CC)C(CC)(CC)CN)n1. The van der Waals surface area contributed by atoms with Crippen LogP contribution in [-0.4, -0.2) is 33.3 Å². The van der Waals surface area contributed by atoms with Gasteiger partial charge in [0.15, 0.2) is 0 Å². The lowest BCUT2D eigenvalue weighted by Gasteiger charge is -2.41. The molecule has 4 nitrogen and oxygen atoms in total. The van der Waals surface area contributed by atoms with Gasteiger partial charge >= 0.3 is 0 Å². The molecule has 4 heteroatoms. The van der Waals surface area contributed by atoms with Crippen molar-refractivity contribution in [2.75, 3.05) is 13.1 Å². The van der Waals surface area contributed by atoms with Gasteiger partial charge in [-0.15, -0.1) is 0 Å². The minimum absolute atomic E-state index is 0.105. The fourth-order valence-corrected chi connectivity index (χ4v) is 3.25. The highest BCUT2D eigenvalue weighted by molar-refractivity contribution is 5.02. The van der Waals surface area contributed by atoms with Crippen LogP contribution < -0.4 is 5.73 Å². The zero-order valence-corrected chi connectivity index (χ0v) is 14.6. The Balaban J connectivity index is 2.87. The van der Waals surface area contributed by atoms with Gasteiger partial charge in [-0.25, -0.2) is 0 Å². The van der Waals surface area contributed by atoms with E-state index in [0.29, 0.717) is 12.6 Å². The minimum Gasteiger partial charge on any atom is -0.329 e. The van der Waals surface area contributed by atoms with E-state index in [-0.39, 0.29) is 5.54 Å². The van der Waals surface area contributed by atoms with Crippen LogP contribution in [0.25, 0.3) is 0 Å². The van der Waals surface area contributed by atoms with Gasteiger partial charge in [-0.05, 0) is 38.3 Å². The highest BCUT2D eigenvalue weighted by atomic mass is 15.3. The summed E-state index contributed by atoms with van der Waals surface area (Å²) in [7, 11) is 0. The van der Waals surface area contributed by atoms with E-state index in [9.17, 15) is 0 Å². The van der Waals surface area contributed by atoms with E-state index < -0.39 is 0 Å². The molecular formula is C17H34N4. The molecule has 2 N–H and O–H groups in total. The van der Waals surface area contributed by atoms with Crippen molar-refractivity contribution in [3.05, 3.63) is 18.0 Å². The molecule has 1 aromatic heterocycles. The van der Waals surface area contributed by atoms with E-state index in [2.05, 4.69) is 56.5 Å². The summed E-state index contributed by atoms with van der Waals surface area (Å²) in [6.45, 7) is 13.8. The molecule has 21 heavy (non-hydrogen) atoms. The van der Waals surface area contributed by atoms with Gasteiger partial charge in [0.05, 0.1) is 11.7 Å². The topological polar surface area (TPSA) is 47.1 Å². The molecule has 0 aliphatic heterocycles. The maximum absolute atomic E-state index is 6.09. The van der Waals surface area contributed by atoms with Gasteiger partial charge < -0.3 is 5.73 Å². The van der Waals surface area contributed by atoms with Gasteiger partial charge in [0.25, 0.3) is 0 Å². The Morgan fingerprint density at radius 3 is 2.24 bits per heavy atom. The molecule has 0 unspecified atom stereocenters. The van der Waals surface area contributed by atoms with Crippen LogP contribution in [0, 0.1) is 0 Å². The van der Waals surface area contributed by atoms with Crippen LogP contribution >= 0.6 is 0 Å². The Labute approximate surface area is 130 Å². The van der Waals surface area contributed by atoms with Gasteiger partial charge in [0.1, 0.15) is 0 Å². The molecular weight excluding hydrogens is 260 g/mol. The maximum Gasteiger partial charge on any atom is 0.0765 e. The minimum atomic E-state index is 0.105. The van der Waals surface area contributed by atoms with Crippen LogP contribution in [-0.2, 0) is 6.54 Å². The van der Waals surface area contributed by atoms with Gasteiger partial charge in [-0.3, -0.25) is 9.58 Å². The summed E-state index contributed by atoms with van der Waals surface area (Å²) in [5.41, 5.74) is 7.35. The molecule has 0 saturated carbocycles. The molecule has 0 aliphatic rings. The number of aromatic nitrogens is 2. The number of rotatable bonds is 10. The second-order valence-corrected chi connectivity index (χ2v) is 5.91. The lowest BCUT2D eigenvalue weighted by atomic mass is 9.90. The van der Waals surface area contributed by atoms with Crippen molar-refractivity contribution in [2.24, 2.45) is 5.73 Å². The van der Waals surface area contributed by atoms with E-state index in [1.54, 1.807) is 0 Å². The Morgan fingerprint density at radius 1 is 1.19 bits per heavy atom. The normalized spacial score (nSPS) is 12.6. The molecule has 0 aliphatic carbocycles. The van der Waals surface area contributed by atoms with Crippen LogP contribution in [0.5, 0.6) is 0 Å². The van der Waals surface area contributed by atoms with Crippen molar-refractivity contribution in [1.29, 1.82) is 0 Å². The second kappa shape index (κ2) is 8.54. The van der Waals surface area contributed by atoms with Crippen molar-refractivity contribution in [2.45, 2.75) is 78.4 Å². The first-order chi connectivity index (χ1) is 10.1. The molecule has 1 heterocycles. The summed E-state index contributed by atoms with van der Waals surface area (Å²) < 4.78 is 2.13. The predicted molar refractivity (Wildman–Crippen MR) is 90.3 cm³/mol. The van der Waals surface area contributed by atoms with Gasteiger partial charge in [-0.2, -0.15) is 5.10 Å². The van der Waals surface area contributed by atoms with Gasteiger partial charge in [0.2, 0.25) is 0 Å². The van der Waals surface area contributed by atoms with E-state index in [4.69, 9.17) is 10.8 Å². The Bertz CT molecular complexity index is 383. The van der Waals surface area contributed by atoms with E-state index in [0.717, 1.165) is 44.5 Å². The van der Waals surface area contributed by atoms with Crippen LogP contribution in [0.3, 0.4) is 0 Å². The maximum atomic E-state index is 6.09. The molecule has 0 spiro atoms. The van der Waals surface area contributed by atoms with Crippen LogP contribution in [0.4, 0.5) is 0 Å². The lowest BCUT2D eigenvalue weighted by molar-refractivity contribution is 0.0811. The third-order valence-corrected chi connectivity index (χ3v) is 5.08. The van der Waals surface area contributed by atoms with Crippen molar-refractivity contribution in [3.8, 4) is 0 Å². The highest BCUT2D eigenvalue weighted by Crippen LogP contribution is 2.25. The van der Waals surface area contributed by atoms with Crippen molar-refractivity contribution in [3.63, 3.8) is 0 Å². The first-order valence-electron chi connectivity index (χ1n) is 8.59. The largest absolute Gasteiger partial charge is 0.329 e. The molecule has 0 saturated heterocycles. The molecule has 0 aromatic carbocycles. The Kier molecular flexibility index (Phi) is 7.40. The molecule has 0 fully saturated rings. The molecule has 0 atom stereocenters. The average molecular weight is 294 g/mol. The lowest BCUT2D eigenvalue weighted by Crippen LogP contribution is -2.52. The summed E-state index contributed by atoms with van der Waals surface area (Å²) in [5.74, 6) is 0. The fourth-order valence-electron chi connectivity index (χ4n) is 3.25. The molecule has 0 radical (unpaired) electrons. The molecule has 122 valence electrons. The predicted octanol–water partition coefficient (Wildman–Crippen LogP) is 3.58. The average Bonchev–Trinajstić information content (AvgIpc) is 2.98. The Morgan fingerprint density at radius 2 is 1.81 bits per heavy atom. The smallest absolute Gasteiger partial charge is 0.0765 e. The quantitative estimate of drug-likeness (QED) is 0.717. The first kappa shape index (κ1) is 18.2. The standard InChI is InChI=1S/C17H34N4/c1-6-16(7-2)21-12-11-15(19-21)13-20(10-5)17(8-3,9-4)14-18/h11-12,16H,6-10,13-14,18H2,1-5H3. The number of likely N-dealkylation sites (N-methyl/N-ethyl adjacent to an activating group) is 1. The van der Waals surface area contributed by atoms with Crippen LogP contribution in [0.2, 0.25) is 0 Å². The van der Waals surface area contributed by atoms with Crippen LogP contribution in [0.15, 0.2) is 12.3 Å².